The Hall–Kier alpha value is -2.13. The zero-order valence-electron chi connectivity index (χ0n) is 7.35. The SMILES string of the molecule is Cn1c(=O)oc2c(N=C=O)cccc21. The van der Waals surface area contributed by atoms with Crippen LogP contribution >= 0.6 is 0 Å². The van der Waals surface area contributed by atoms with Crippen LogP contribution in [0.5, 0.6) is 0 Å². The maximum absolute atomic E-state index is 11.2. The van der Waals surface area contributed by atoms with Crippen LogP contribution in [0.4, 0.5) is 5.69 Å². The first-order valence-electron chi connectivity index (χ1n) is 3.90. The highest BCUT2D eigenvalue weighted by Gasteiger charge is 2.08. The van der Waals surface area contributed by atoms with Crippen LogP contribution in [0.15, 0.2) is 32.4 Å². The summed E-state index contributed by atoms with van der Waals surface area (Å²) in [7, 11) is 1.59. The molecule has 0 N–H and O–H groups in total. The Labute approximate surface area is 78.3 Å². The standard InChI is InChI=1S/C9H6N2O3/c1-11-7-4-2-3-6(10-5-12)8(7)14-9(11)13/h2-4H,1H3. The molecule has 5 heteroatoms. The Morgan fingerprint density at radius 3 is 3.00 bits per heavy atom. The lowest BCUT2D eigenvalue weighted by Gasteiger charge is -1.92. The zero-order chi connectivity index (χ0) is 10.1. The Morgan fingerprint density at radius 2 is 2.29 bits per heavy atom. The molecule has 0 spiro atoms. The molecule has 14 heavy (non-hydrogen) atoms. The first-order chi connectivity index (χ1) is 6.74. The van der Waals surface area contributed by atoms with E-state index in [1.54, 1.807) is 25.2 Å². The van der Waals surface area contributed by atoms with Crippen molar-refractivity contribution in [1.29, 1.82) is 0 Å². The predicted molar refractivity (Wildman–Crippen MR) is 49.2 cm³/mol. The number of aryl methyl sites for hydroxylation is 1. The van der Waals surface area contributed by atoms with Gasteiger partial charge in [0, 0.05) is 7.05 Å². The lowest BCUT2D eigenvalue weighted by Crippen LogP contribution is -2.08. The number of aromatic nitrogens is 1. The second kappa shape index (κ2) is 2.97. The van der Waals surface area contributed by atoms with Gasteiger partial charge in [-0.05, 0) is 12.1 Å². The molecule has 1 aromatic carbocycles. The maximum Gasteiger partial charge on any atom is 0.419 e. The molecule has 2 aromatic rings. The molecule has 5 nitrogen and oxygen atoms in total. The highest BCUT2D eigenvalue weighted by molar-refractivity contribution is 5.85. The van der Waals surface area contributed by atoms with Crippen molar-refractivity contribution in [3.05, 3.63) is 28.7 Å². The quantitative estimate of drug-likeness (QED) is 0.499. The van der Waals surface area contributed by atoms with E-state index in [1.807, 2.05) is 0 Å². The first kappa shape index (κ1) is 8.47. The highest BCUT2D eigenvalue weighted by atomic mass is 16.4. The predicted octanol–water partition coefficient (Wildman–Crippen LogP) is 1.10. The van der Waals surface area contributed by atoms with Gasteiger partial charge in [-0.1, -0.05) is 6.07 Å². The van der Waals surface area contributed by atoms with Gasteiger partial charge in [-0.3, -0.25) is 4.57 Å². The summed E-state index contributed by atoms with van der Waals surface area (Å²) in [6.07, 6.45) is 1.41. The van der Waals surface area contributed by atoms with E-state index in [1.165, 1.54) is 10.6 Å². The van der Waals surface area contributed by atoms with E-state index in [-0.39, 0.29) is 0 Å². The number of isocyanates is 1. The molecule has 0 unspecified atom stereocenters. The summed E-state index contributed by atoms with van der Waals surface area (Å²) in [5.41, 5.74) is 1.23. The Bertz CT molecular complexity index is 588. The third kappa shape index (κ3) is 1.08. The van der Waals surface area contributed by atoms with Crippen molar-refractivity contribution in [3.8, 4) is 0 Å². The minimum Gasteiger partial charge on any atom is -0.405 e. The Kier molecular flexibility index (Phi) is 1.80. The maximum atomic E-state index is 11.2. The Balaban J connectivity index is 2.94. The number of carbonyl (C=O) groups excluding carboxylic acids is 1. The molecule has 0 fully saturated rings. The molecule has 2 rings (SSSR count). The smallest absolute Gasteiger partial charge is 0.405 e. The van der Waals surface area contributed by atoms with Crippen molar-refractivity contribution in [2.75, 3.05) is 0 Å². The van der Waals surface area contributed by atoms with E-state index >= 15 is 0 Å². The van der Waals surface area contributed by atoms with Crippen molar-refractivity contribution in [2.24, 2.45) is 12.0 Å². The lowest BCUT2D eigenvalue weighted by molar-refractivity contribution is 0.528. The molecule has 0 bridgehead atoms. The summed E-state index contributed by atoms with van der Waals surface area (Å²) in [5, 5.41) is 0. The van der Waals surface area contributed by atoms with Crippen LogP contribution < -0.4 is 5.76 Å². The van der Waals surface area contributed by atoms with Gasteiger partial charge in [-0.15, -0.1) is 0 Å². The molecule has 0 atom stereocenters. The minimum atomic E-state index is -0.478. The van der Waals surface area contributed by atoms with Crippen LogP contribution in [0.1, 0.15) is 0 Å². The molecule has 1 aromatic heterocycles. The zero-order valence-corrected chi connectivity index (χ0v) is 7.35. The van der Waals surface area contributed by atoms with Crippen molar-refractivity contribution in [2.45, 2.75) is 0 Å². The van der Waals surface area contributed by atoms with E-state index in [9.17, 15) is 9.59 Å². The topological polar surface area (TPSA) is 64.6 Å². The van der Waals surface area contributed by atoms with Gasteiger partial charge in [0.25, 0.3) is 0 Å². The normalized spacial score (nSPS) is 10.1. The number of oxazole rings is 1. The van der Waals surface area contributed by atoms with Gasteiger partial charge in [0.2, 0.25) is 6.08 Å². The largest absolute Gasteiger partial charge is 0.419 e. The second-order valence-corrected chi connectivity index (χ2v) is 2.76. The number of rotatable bonds is 1. The highest BCUT2D eigenvalue weighted by Crippen LogP contribution is 2.23. The molecular formula is C9H6N2O3. The minimum absolute atomic E-state index is 0.309. The number of benzene rings is 1. The fourth-order valence-electron chi connectivity index (χ4n) is 1.27. The fraction of sp³-hybridized carbons (Fsp3) is 0.111. The van der Waals surface area contributed by atoms with Crippen LogP contribution in [0.3, 0.4) is 0 Å². The molecule has 0 aliphatic heterocycles. The summed E-state index contributed by atoms with van der Waals surface area (Å²) < 4.78 is 6.26. The average molecular weight is 190 g/mol. The third-order valence-electron chi connectivity index (χ3n) is 1.96. The fourth-order valence-corrected chi connectivity index (χ4v) is 1.27. The van der Waals surface area contributed by atoms with Gasteiger partial charge in [0.15, 0.2) is 5.58 Å². The van der Waals surface area contributed by atoms with Crippen molar-refractivity contribution in [1.82, 2.24) is 4.57 Å². The molecule has 0 saturated heterocycles. The lowest BCUT2D eigenvalue weighted by atomic mass is 10.3. The van der Waals surface area contributed by atoms with Crippen molar-refractivity contribution in [3.63, 3.8) is 0 Å². The summed E-state index contributed by atoms with van der Waals surface area (Å²) in [5.74, 6) is -0.478. The molecule has 70 valence electrons. The van der Waals surface area contributed by atoms with Crippen molar-refractivity contribution >= 4 is 22.9 Å². The van der Waals surface area contributed by atoms with Gasteiger partial charge in [-0.25, -0.2) is 9.59 Å². The second-order valence-electron chi connectivity index (χ2n) is 2.76. The first-order valence-corrected chi connectivity index (χ1v) is 3.90. The summed E-state index contributed by atoms with van der Waals surface area (Å²) in [6, 6.07) is 4.98. The summed E-state index contributed by atoms with van der Waals surface area (Å²) >= 11 is 0. The summed E-state index contributed by atoms with van der Waals surface area (Å²) in [6.45, 7) is 0. The van der Waals surface area contributed by atoms with Crippen LogP contribution in [0.25, 0.3) is 11.1 Å². The van der Waals surface area contributed by atoms with E-state index < -0.39 is 5.76 Å². The number of hydrogen-bond acceptors (Lipinski definition) is 4. The number of para-hydroxylation sites is 1. The van der Waals surface area contributed by atoms with Crippen LogP contribution in [0, 0.1) is 0 Å². The monoisotopic (exact) mass is 190 g/mol. The van der Waals surface area contributed by atoms with Gasteiger partial charge >= 0.3 is 5.76 Å². The molecule has 0 radical (unpaired) electrons. The molecule has 1 heterocycles. The average Bonchev–Trinajstić information content (AvgIpc) is 2.46. The molecule has 0 saturated carbocycles. The number of hydrogen-bond donors (Lipinski definition) is 0. The Morgan fingerprint density at radius 1 is 1.50 bits per heavy atom. The summed E-state index contributed by atoms with van der Waals surface area (Å²) in [4.78, 5) is 24.7. The van der Waals surface area contributed by atoms with Gasteiger partial charge in [-0.2, -0.15) is 4.99 Å². The van der Waals surface area contributed by atoms with E-state index in [4.69, 9.17) is 4.42 Å². The van der Waals surface area contributed by atoms with Crippen LogP contribution in [0.2, 0.25) is 0 Å². The van der Waals surface area contributed by atoms with Gasteiger partial charge < -0.3 is 4.42 Å². The molecule has 0 amide bonds. The van der Waals surface area contributed by atoms with E-state index in [0.717, 1.165) is 0 Å². The van der Waals surface area contributed by atoms with Crippen LogP contribution in [-0.4, -0.2) is 10.6 Å². The van der Waals surface area contributed by atoms with Gasteiger partial charge in [0.1, 0.15) is 5.69 Å². The van der Waals surface area contributed by atoms with E-state index in [0.29, 0.717) is 16.8 Å². The number of fused-ring (bicyclic) bond motifs is 1. The van der Waals surface area contributed by atoms with Crippen LogP contribution in [-0.2, 0) is 11.8 Å². The van der Waals surface area contributed by atoms with Gasteiger partial charge in [0.05, 0.1) is 5.52 Å². The van der Waals surface area contributed by atoms with Crippen molar-refractivity contribution < 1.29 is 9.21 Å². The van der Waals surface area contributed by atoms with E-state index in [2.05, 4.69) is 4.99 Å². The molecule has 0 aliphatic carbocycles. The molecular weight excluding hydrogens is 184 g/mol. The number of aliphatic imine (C=N–C) groups is 1. The molecule has 0 aliphatic rings. The third-order valence-corrected chi connectivity index (χ3v) is 1.96. The number of nitrogens with zero attached hydrogens (tertiary/aromatic N) is 2.